The van der Waals surface area contributed by atoms with Crippen LogP contribution in [0.2, 0.25) is 0 Å². The van der Waals surface area contributed by atoms with Gasteiger partial charge in [-0.3, -0.25) is 4.79 Å². The van der Waals surface area contributed by atoms with Crippen LogP contribution >= 0.6 is 0 Å². The summed E-state index contributed by atoms with van der Waals surface area (Å²) in [4.78, 5) is 14.4. The highest BCUT2D eigenvalue weighted by atomic mass is 16.3. The van der Waals surface area contributed by atoms with E-state index < -0.39 is 6.04 Å². The smallest absolute Gasteiger partial charge is 0.239 e. The Kier molecular flexibility index (Phi) is 4.88. The summed E-state index contributed by atoms with van der Waals surface area (Å²) in [5.74, 6) is 0.278. The van der Waals surface area contributed by atoms with Gasteiger partial charge in [0.05, 0.1) is 6.04 Å². The molecule has 3 N–H and O–H groups in total. The molecule has 1 aromatic carbocycles. The summed E-state index contributed by atoms with van der Waals surface area (Å²) in [6.07, 6.45) is 3.82. The molecule has 0 saturated carbocycles. The van der Waals surface area contributed by atoms with Crippen molar-refractivity contribution in [3.05, 3.63) is 29.8 Å². The Morgan fingerprint density at radius 3 is 2.48 bits per heavy atom. The van der Waals surface area contributed by atoms with Crippen LogP contribution in [0.15, 0.2) is 24.3 Å². The van der Waals surface area contributed by atoms with Gasteiger partial charge in [0, 0.05) is 13.1 Å². The Morgan fingerprint density at radius 1 is 1.33 bits per heavy atom. The zero-order valence-electron chi connectivity index (χ0n) is 13.0. The van der Waals surface area contributed by atoms with E-state index in [0.717, 1.165) is 37.9 Å². The fourth-order valence-corrected chi connectivity index (χ4v) is 3.16. The Hall–Kier alpha value is -1.55. The fraction of sp³-hybridized carbons (Fsp3) is 0.588. The Bertz CT molecular complexity index is 480. The second-order valence-corrected chi connectivity index (χ2v) is 6.19. The first-order chi connectivity index (χ1) is 9.99. The van der Waals surface area contributed by atoms with Gasteiger partial charge in [0.2, 0.25) is 5.91 Å². The van der Waals surface area contributed by atoms with Crippen molar-refractivity contribution in [3.8, 4) is 5.75 Å². The Labute approximate surface area is 126 Å². The minimum absolute atomic E-state index is 0.0480. The number of carbonyl (C=O) groups is 1. The van der Waals surface area contributed by atoms with Gasteiger partial charge in [0.15, 0.2) is 0 Å². The van der Waals surface area contributed by atoms with E-state index in [0.29, 0.717) is 6.42 Å². The normalized spacial score (nSPS) is 18.7. The van der Waals surface area contributed by atoms with Gasteiger partial charge in [-0.05, 0) is 48.8 Å². The molecule has 4 nitrogen and oxygen atoms in total. The number of nitrogens with two attached hydrogens (primary N) is 1. The van der Waals surface area contributed by atoms with Crippen molar-refractivity contribution >= 4 is 5.91 Å². The molecule has 0 bridgehead atoms. The van der Waals surface area contributed by atoms with Crippen molar-refractivity contribution in [2.24, 2.45) is 11.1 Å². The molecule has 0 unspecified atom stereocenters. The van der Waals surface area contributed by atoms with Crippen LogP contribution in [0.25, 0.3) is 0 Å². The van der Waals surface area contributed by atoms with Gasteiger partial charge >= 0.3 is 0 Å². The second kappa shape index (κ2) is 6.48. The lowest BCUT2D eigenvalue weighted by molar-refractivity contribution is -0.131. The lowest BCUT2D eigenvalue weighted by atomic mass is 9.82. The molecular weight excluding hydrogens is 264 g/mol. The molecule has 1 atom stereocenters. The van der Waals surface area contributed by atoms with Crippen LogP contribution in [0.1, 0.15) is 38.7 Å². The summed E-state index contributed by atoms with van der Waals surface area (Å²) in [6, 6.07) is 6.38. The summed E-state index contributed by atoms with van der Waals surface area (Å²) in [5, 5.41) is 9.28. The van der Waals surface area contributed by atoms with Crippen LogP contribution in [0, 0.1) is 5.41 Å². The molecule has 21 heavy (non-hydrogen) atoms. The molecule has 1 amide bonds. The molecule has 1 aliphatic rings. The first-order valence-electron chi connectivity index (χ1n) is 7.82. The van der Waals surface area contributed by atoms with Crippen molar-refractivity contribution in [1.29, 1.82) is 0 Å². The van der Waals surface area contributed by atoms with Gasteiger partial charge in [-0.2, -0.15) is 0 Å². The highest BCUT2D eigenvalue weighted by Crippen LogP contribution is 2.37. The van der Waals surface area contributed by atoms with Crippen molar-refractivity contribution in [3.63, 3.8) is 0 Å². The van der Waals surface area contributed by atoms with E-state index in [9.17, 15) is 9.90 Å². The van der Waals surface area contributed by atoms with Crippen LogP contribution in [0.3, 0.4) is 0 Å². The lowest BCUT2D eigenvalue weighted by Crippen LogP contribution is -2.44. The second-order valence-electron chi connectivity index (χ2n) is 6.19. The third kappa shape index (κ3) is 3.56. The average Bonchev–Trinajstić information content (AvgIpc) is 2.94. The molecule has 1 heterocycles. The molecule has 4 heteroatoms. The minimum Gasteiger partial charge on any atom is -0.508 e. The highest BCUT2D eigenvalue weighted by Gasteiger charge is 2.38. The predicted octanol–water partition coefficient (Wildman–Crippen LogP) is 2.30. The number of amides is 1. The molecule has 0 aliphatic carbocycles. The van der Waals surface area contributed by atoms with Gasteiger partial charge in [0.25, 0.3) is 0 Å². The zero-order valence-corrected chi connectivity index (χ0v) is 13.0. The summed E-state index contributed by atoms with van der Waals surface area (Å²) in [7, 11) is 0. The number of hydrogen-bond donors (Lipinski definition) is 2. The number of hydrogen-bond acceptors (Lipinski definition) is 3. The number of aromatic hydroxyl groups is 1. The average molecular weight is 290 g/mol. The molecule has 0 spiro atoms. The van der Waals surface area contributed by atoms with Crippen LogP contribution in [0.5, 0.6) is 5.75 Å². The molecule has 1 fully saturated rings. The fourth-order valence-electron chi connectivity index (χ4n) is 3.16. The first-order valence-corrected chi connectivity index (χ1v) is 7.82. The maximum Gasteiger partial charge on any atom is 0.239 e. The summed E-state index contributed by atoms with van der Waals surface area (Å²) in [6.45, 7) is 6.06. The van der Waals surface area contributed by atoms with E-state index in [1.165, 1.54) is 0 Å². The van der Waals surface area contributed by atoms with Gasteiger partial charge in [0.1, 0.15) is 5.75 Å². The standard InChI is InChI=1S/C17H26N2O2/c1-3-17(4-2)9-10-19(12-17)16(21)15(18)11-13-5-7-14(20)8-6-13/h5-8,15,20H,3-4,9-12,18H2,1-2H3/t15-/m1/s1. The third-order valence-corrected chi connectivity index (χ3v) is 4.96. The van der Waals surface area contributed by atoms with Crippen molar-refractivity contribution in [2.45, 2.75) is 45.6 Å². The zero-order chi connectivity index (χ0) is 15.5. The van der Waals surface area contributed by atoms with Crippen molar-refractivity contribution in [2.75, 3.05) is 13.1 Å². The number of rotatable bonds is 5. The van der Waals surface area contributed by atoms with Gasteiger partial charge < -0.3 is 15.7 Å². The third-order valence-electron chi connectivity index (χ3n) is 4.96. The maximum atomic E-state index is 12.5. The van der Waals surface area contributed by atoms with E-state index in [1.807, 2.05) is 17.0 Å². The molecule has 2 rings (SSSR count). The van der Waals surface area contributed by atoms with E-state index in [-0.39, 0.29) is 17.1 Å². The van der Waals surface area contributed by atoms with E-state index in [2.05, 4.69) is 13.8 Å². The number of carbonyl (C=O) groups excluding carboxylic acids is 1. The van der Waals surface area contributed by atoms with E-state index in [1.54, 1.807) is 12.1 Å². The summed E-state index contributed by atoms with van der Waals surface area (Å²) >= 11 is 0. The van der Waals surface area contributed by atoms with Crippen molar-refractivity contribution < 1.29 is 9.90 Å². The molecular formula is C17H26N2O2. The number of benzene rings is 1. The number of likely N-dealkylation sites (tertiary alicyclic amines) is 1. The largest absolute Gasteiger partial charge is 0.508 e. The molecule has 1 aliphatic heterocycles. The quantitative estimate of drug-likeness (QED) is 0.874. The summed E-state index contributed by atoms with van der Waals surface area (Å²) in [5.41, 5.74) is 7.35. The van der Waals surface area contributed by atoms with Crippen LogP contribution < -0.4 is 5.73 Å². The summed E-state index contributed by atoms with van der Waals surface area (Å²) < 4.78 is 0. The lowest BCUT2D eigenvalue weighted by Gasteiger charge is -2.27. The molecule has 116 valence electrons. The Balaban J connectivity index is 1.95. The van der Waals surface area contributed by atoms with Crippen LogP contribution in [-0.4, -0.2) is 35.0 Å². The maximum absolute atomic E-state index is 12.5. The topological polar surface area (TPSA) is 66.6 Å². The van der Waals surface area contributed by atoms with Crippen LogP contribution in [-0.2, 0) is 11.2 Å². The van der Waals surface area contributed by atoms with Gasteiger partial charge in [-0.15, -0.1) is 0 Å². The number of nitrogens with zero attached hydrogens (tertiary/aromatic N) is 1. The Morgan fingerprint density at radius 2 is 1.95 bits per heavy atom. The monoisotopic (exact) mass is 290 g/mol. The SMILES string of the molecule is CCC1(CC)CCN(C(=O)[C@H](N)Cc2ccc(O)cc2)C1. The minimum atomic E-state index is -0.501. The van der Waals surface area contributed by atoms with E-state index in [4.69, 9.17) is 5.73 Å². The van der Waals surface area contributed by atoms with Crippen molar-refractivity contribution in [1.82, 2.24) is 4.90 Å². The first kappa shape index (κ1) is 15.8. The van der Waals surface area contributed by atoms with Gasteiger partial charge in [-0.25, -0.2) is 0 Å². The molecule has 0 aromatic heterocycles. The molecule has 1 saturated heterocycles. The predicted molar refractivity (Wildman–Crippen MR) is 84.0 cm³/mol. The van der Waals surface area contributed by atoms with Gasteiger partial charge in [-0.1, -0.05) is 26.0 Å². The van der Waals surface area contributed by atoms with Crippen LogP contribution in [0.4, 0.5) is 0 Å². The highest BCUT2D eigenvalue weighted by molar-refractivity contribution is 5.82. The molecule has 1 aromatic rings. The molecule has 0 radical (unpaired) electrons. The van der Waals surface area contributed by atoms with E-state index >= 15 is 0 Å². The number of phenolic OH excluding ortho intramolecular Hbond substituents is 1. The number of phenols is 1.